The summed E-state index contributed by atoms with van der Waals surface area (Å²) in [6.07, 6.45) is 2.37. The van der Waals surface area contributed by atoms with Crippen LogP contribution in [0.15, 0.2) is 24.3 Å². The third kappa shape index (κ3) is 4.88. The van der Waals surface area contributed by atoms with Crippen LogP contribution in [0.1, 0.15) is 37.8 Å². The molecule has 0 spiro atoms. The number of aliphatic carboxylic acids is 1. The van der Waals surface area contributed by atoms with E-state index in [9.17, 15) is 4.79 Å². The maximum atomic E-state index is 10.8. The van der Waals surface area contributed by atoms with Gasteiger partial charge in [0, 0.05) is 6.54 Å². The van der Waals surface area contributed by atoms with Crippen molar-refractivity contribution in [1.29, 1.82) is 0 Å². The second-order valence-corrected chi connectivity index (χ2v) is 4.62. The lowest BCUT2D eigenvalue weighted by Gasteiger charge is -2.22. The van der Waals surface area contributed by atoms with Crippen molar-refractivity contribution in [2.24, 2.45) is 0 Å². The van der Waals surface area contributed by atoms with Gasteiger partial charge in [0.1, 0.15) is 0 Å². The van der Waals surface area contributed by atoms with Crippen molar-refractivity contribution in [2.75, 3.05) is 13.1 Å². The van der Waals surface area contributed by atoms with Gasteiger partial charge >= 0.3 is 5.97 Å². The lowest BCUT2D eigenvalue weighted by Crippen LogP contribution is -2.25. The molecule has 0 amide bonds. The predicted molar refractivity (Wildman–Crippen MR) is 73.6 cm³/mol. The standard InChI is InChI=1S/C15H23NO2/c1-3-9-16(10-4-2)12-14-8-6-5-7-13(14)11-15(17)18/h5-8H,3-4,9-12H2,1-2H3,(H,17,18). The van der Waals surface area contributed by atoms with E-state index in [1.54, 1.807) is 0 Å². The highest BCUT2D eigenvalue weighted by Gasteiger charge is 2.09. The Morgan fingerprint density at radius 2 is 1.67 bits per heavy atom. The Balaban J connectivity index is 2.77. The summed E-state index contributed by atoms with van der Waals surface area (Å²) in [5.74, 6) is -0.764. The maximum Gasteiger partial charge on any atom is 0.307 e. The highest BCUT2D eigenvalue weighted by atomic mass is 16.4. The van der Waals surface area contributed by atoms with Crippen LogP contribution in [0.3, 0.4) is 0 Å². The van der Waals surface area contributed by atoms with Gasteiger partial charge in [-0.1, -0.05) is 38.1 Å². The van der Waals surface area contributed by atoms with E-state index in [1.165, 1.54) is 0 Å². The molecule has 0 aliphatic carbocycles. The van der Waals surface area contributed by atoms with Crippen molar-refractivity contribution in [1.82, 2.24) is 4.90 Å². The number of hydrogen-bond acceptors (Lipinski definition) is 2. The molecule has 0 aliphatic heterocycles. The predicted octanol–water partition coefficient (Wildman–Crippen LogP) is 2.94. The number of carboxylic acids is 1. The van der Waals surface area contributed by atoms with Crippen LogP contribution in [0, 0.1) is 0 Å². The minimum Gasteiger partial charge on any atom is -0.481 e. The van der Waals surface area contributed by atoms with Crippen LogP contribution < -0.4 is 0 Å². The topological polar surface area (TPSA) is 40.5 Å². The first-order valence-corrected chi connectivity index (χ1v) is 6.68. The van der Waals surface area contributed by atoms with Crippen molar-refractivity contribution in [3.05, 3.63) is 35.4 Å². The Morgan fingerprint density at radius 3 is 2.17 bits per heavy atom. The highest BCUT2D eigenvalue weighted by Crippen LogP contribution is 2.13. The molecule has 0 bridgehead atoms. The van der Waals surface area contributed by atoms with Gasteiger partial charge in [0.2, 0.25) is 0 Å². The normalized spacial score (nSPS) is 10.8. The van der Waals surface area contributed by atoms with E-state index in [1.807, 2.05) is 24.3 Å². The third-order valence-electron chi connectivity index (χ3n) is 2.93. The fraction of sp³-hybridized carbons (Fsp3) is 0.533. The summed E-state index contributed by atoms with van der Waals surface area (Å²) in [6.45, 7) is 7.33. The zero-order valence-electron chi connectivity index (χ0n) is 11.4. The van der Waals surface area contributed by atoms with Crippen molar-refractivity contribution < 1.29 is 9.90 Å². The lowest BCUT2D eigenvalue weighted by atomic mass is 10.0. The molecule has 1 aromatic rings. The minimum atomic E-state index is -0.764. The first-order valence-electron chi connectivity index (χ1n) is 6.68. The molecule has 100 valence electrons. The average Bonchev–Trinajstić information content (AvgIpc) is 2.31. The van der Waals surface area contributed by atoms with Crippen molar-refractivity contribution >= 4 is 5.97 Å². The molecule has 1 rings (SSSR count). The Bertz CT molecular complexity index is 371. The van der Waals surface area contributed by atoms with Crippen LogP contribution in [0.2, 0.25) is 0 Å². The number of benzene rings is 1. The van der Waals surface area contributed by atoms with E-state index in [-0.39, 0.29) is 6.42 Å². The van der Waals surface area contributed by atoms with E-state index >= 15 is 0 Å². The second-order valence-electron chi connectivity index (χ2n) is 4.62. The summed E-state index contributed by atoms with van der Waals surface area (Å²) in [5, 5.41) is 8.92. The smallest absolute Gasteiger partial charge is 0.307 e. The van der Waals surface area contributed by atoms with Gasteiger partial charge in [0.05, 0.1) is 6.42 Å². The Kier molecular flexibility index (Phi) is 6.44. The SMILES string of the molecule is CCCN(CCC)Cc1ccccc1CC(=O)O. The van der Waals surface area contributed by atoms with Gasteiger partial charge in [-0.15, -0.1) is 0 Å². The molecular weight excluding hydrogens is 226 g/mol. The Hall–Kier alpha value is -1.35. The molecule has 0 radical (unpaired) electrons. The second kappa shape index (κ2) is 7.88. The number of rotatable bonds is 8. The molecule has 0 unspecified atom stereocenters. The molecule has 0 fully saturated rings. The van der Waals surface area contributed by atoms with Crippen LogP contribution >= 0.6 is 0 Å². The van der Waals surface area contributed by atoms with E-state index in [2.05, 4.69) is 18.7 Å². The van der Waals surface area contributed by atoms with Crippen LogP contribution in [-0.2, 0) is 17.8 Å². The molecule has 0 aromatic heterocycles. The molecule has 3 heteroatoms. The highest BCUT2D eigenvalue weighted by molar-refractivity contribution is 5.70. The zero-order chi connectivity index (χ0) is 13.4. The van der Waals surface area contributed by atoms with Crippen molar-refractivity contribution in [3.63, 3.8) is 0 Å². The number of nitrogens with zero attached hydrogens (tertiary/aromatic N) is 1. The van der Waals surface area contributed by atoms with E-state index in [0.29, 0.717) is 0 Å². The molecule has 3 nitrogen and oxygen atoms in total. The monoisotopic (exact) mass is 249 g/mol. The molecule has 1 aromatic carbocycles. The van der Waals surface area contributed by atoms with Crippen LogP contribution in [0.5, 0.6) is 0 Å². The first-order chi connectivity index (χ1) is 8.67. The summed E-state index contributed by atoms with van der Waals surface area (Å²) in [4.78, 5) is 13.2. The minimum absolute atomic E-state index is 0.113. The fourth-order valence-electron chi connectivity index (χ4n) is 2.19. The average molecular weight is 249 g/mol. The maximum absolute atomic E-state index is 10.8. The number of hydrogen-bond donors (Lipinski definition) is 1. The molecule has 0 saturated carbocycles. The fourth-order valence-corrected chi connectivity index (χ4v) is 2.19. The molecule has 18 heavy (non-hydrogen) atoms. The van der Waals surface area contributed by atoms with Gasteiger partial charge < -0.3 is 5.11 Å². The molecule has 1 N–H and O–H groups in total. The van der Waals surface area contributed by atoms with Crippen molar-refractivity contribution in [3.8, 4) is 0 Å². The molecule has 0 atom stereocenters. The molecule has 0 aliphatic rings. The third-order valence-corrected chi connectivity index (χ3v) is 2.93. The summed E-state index contributed by atoms with van der Waals surface area (Å²) in [6, 6.07) is 7.85. The van der Waals surface area contributed by atoms with Crippen LogP contribution in [0.4, 0.5) is 0 Å². The lowest BCUT2D eigenvalue weighted by molar-refractivity contribution is -0.136. The van der Waals surface area contributed by atoms with E-state index in [4.69, 9.17) is 5.11 Å². The van der Waals surface area contributed by atoms with E-state index < -0.39 is 5.97 Å². The Morgan fingerprint density at radius 1 is 1.11 bits per heavy atom. The van der Waals surface area contributed by atoms with Gasteiger partial charge in [-0.2, -0.15) is 0 Å². The van der Waals surface area contributed by atoms with Gasteiger partial charge in [-0.05, 0) is 37.1 Å². The summed E-state index contributed by atoms with van der Waals surface area (Å²) in [5.41, 5.74) is 2.07. The van der Waals surface area contributed by atoms with Gasteiger partial charge in [0.15, 0.2) is 0 Å². The number of carbonyl (C=O) groups is 1. The first kappa shape index (κ1) is 14.7. The van der Waals surface area contributed by atoms with Crippen LogP contribution in [0.25, 0.3) is 0 Å². The molecule has 0 saturated heterocycles. The van der Waals surface area contributed by atoms with Gasteiger partial charge in [0.25, 0.3) is 0 Å². The summed E-state index contributed by atoms with van der Waals surface area (Å²) >= 11 is 0. The molecular formula is C15H23NO2. The van der Waals surface area contributed by atoms with Crippen LogP contribution in [-0.4, -0.2) is 29.1 Å². The van der Waals surface area contributed by atoms with Gasteiger partial charge in [-0.3, -0.25) is 9.69 Å². The number of carboxylic acid groups (broad SMARTS) is 1. The Labute approximate surface area is 109 Å². The summed E-state index contributed by atoms with van der Waals surface area (Å²) < 4.78 is 0. The van der Waals surface area contributed by atoms with Crippen molar-refractivity contribution in [2.45, 2.75) is 39.7 Å². The quantitative estimate of drug-likeness (QED) is 0.770. The van der Waals surface area contributed by atoms with E-state index in [0.717, 1.165) is 43.6 Å². The molecule has 0 heterocycles. The largest absolute Gasteiger partial charge is 0.481 e. The van der Waals surface area contributed by atoms with Gasteiger partial charge in [-0.25, -0.2) is 0 Å². The summed E-state index contributed by atoms with van der Waals surface area (Å²) in [7, 11) is 0. The zero-order valence-corrected chi connectivity index (χ0v) is 11.4.